The number of benzene rings is 2. The topological polar surface area (TPSA) is 61.4 Å². The van der Waals surface area contributed by atoms with Crippen molar-refractivity contribution in [1.29, 1.82) is 0 Å². The fraction of sp³-hybridized carbons (Fsp3) is 0.364. The highest BCUT2D eigenvalue weighted by Gasteiger charge is 2.30. The second-order valence-corrected chi connectivity index (χ2v) is 7.33. The molecule has 142 valence electrons. The molecule has 1 aliphatic carbocycles. The Morgan fingerprint density at radius 2 is 1.19 bits per heavy atom. The molecule has 5 nitrogen and oxygen atoms in total. The average molecular weight is 365 g/mol. The summed E-state index contributed by atoms with van der Waals surface area (Å²) in [5.74, 6) is 0.0572. The average Bonchev–Trinajstić information content (AvgIpc) is 2.69. The molecular formula is C22H27N3O2. The number of carbonyl (C=O) groups is 2. The highest BCUT2D eigenvalue weighted by molar-refractivity contribution is 5.94. The Balaban J connectivity index is 1.48. The number of anilines is 3. The van der Waals surface area contributed by atoms with E-state index >= 15 is 0 Å². The summed E-state index contributed by atoms with van der Waals surface area (Å²) in [4.78, 5) is 27.0. The highest BCUT2D eigenvalue weighted by atomic mass is 16.2. The Morgan fingerprint density at radius 3 is 1.63 bits per heavy atom. The largest absolute Gasteiger partial charge is 0.378 e. The van der Waals surface area contributed by atoms with Crippen molar-refractivity contribution in [2.75, 3.05) is 29.6 Å². The lowest BCUT2D eigenvalue weighted by molar-refractivity contribution is -0.125. The molecule has 0 atom stereocenters. The highest BCUT2D eigenvalue weighted by Crippen LogP contribution is 2.30. The van der Waals surface area contributed by atoms with E-state index in [1.807, 2.05) is 73.6 Å². The van der Waals surface area contributed by atoms with Crippen LogP contribution in [-0.2, 0) is 9.59 Å². The quantitative estimate of drug-likeness (QED) is 0.837. The van der Waals surface area contributed by atoms with Crippen molar-refractivity contribution in [2.45, 2.75) is 25.7 Å². The summed E-state index contributed by atoms with van der Waals surface area (Å²) in [7, 11) is 3.97. The molecule has 1 saturated carbocycles. The van der Waals surface area contributed by atoms with E-state index in [0.717, 1.165) is 42.7 Å². The number of rotatable bonds is 5. The van der Waals surface area contributed by atoms with Crippen molar-refractivity contribution < 1.29 is 9.59 Å². The molecule has 27 heavy (non-hydrogen) atoms. The number of hydrogen-bond donors (Lipinski definition) is 2. The molecule has 2 aromatic rings. The maximum absolute atomic E-state index is 12.5. The first-order chi connectivity index (χ1) is 13.0. The minimum absolute atomic E-state index is 0.0198. The minimum atomic E-state index is -0.0284. The number of carbonyl (C=O) groups excluding carboxylic acids is 2. The summed E-state index contributed by atoms with van der Waals surface area (Å²) < 4.78 is 0. The zero-order valence-electron chi connectivity index (χ0n) is 15.9. The van der Waals surface area contributed by atoms with E-state index in [2.05, 4.69) is 10.6 Å². The van der Waals surface area contributed by atoms with Crippen LogP contribution >= 0.6 is 0 Å². The van der Waals surface area contributed by atoms with Gasteiger partial charge in [-0.2, -0.15) is 0 Å². The van der Waals surface area contributed by atoms with E-state index < -0.39 is 0 Å². The zero-order valence-corrected chi connectivity index (χ0v) is 15.9. The SMILES string of the molecule is CN(C)c1ccc(NC(=O)C2CCC(C(=O)Nc3ccccc3)CC2)cc1. The molecule has 3 rings (SSSR count). The first-order valence-electron chi connectivity index (χ1n) is 9.47. The standard InChI is InChI=1S/C22H27N3O2/c1-25(2)20-14-12-19(13-15-20)24-22(27)17-10-8-16(9-11-17)21(26)23-18-6-4-3-5-7-18/h3-7,12-17H,8-11H2,1-2H3,(H,23,26)(H,24,27). The van der Waals surface area contributed by atoms with Gasteiger partial charge in [0, 0.05) is 43.0 Å². The van der Waals surface area contributed by atoms with E-state index in [9.17, 15) is 9.59 Å². The molecule has 2 aromatic carbocycles. The Morgan fingerprint density at radius 1 is 0.741 bits per heavy atom. The molecule has 0 aromatic heterocycles. The zero-order chi connectivity index (χ0) is 19.2. The van der Waals surface area contributed by atoms with E-state index in [1.54, 1.807) is 0 Å². The molecular weight excluding hydrogens is 338 g/mol. The van der Waals surface area contributed by atoms with Crippen LogP contribution in [-0.4, -0.2) is 25.9 Å². The third-order valence-corrected chi connectivity index (χ3v) is 5.16. The predicted molar refractivity (Wildman–Crippen MR) is 110 cm³/mol. The van der Waals surface area contributed by atoms with Crippen LogP contribution in [0.25, 0.3) is 0 Å². The summed E-state index contributed by atoms with van der Waals surface area (Å²) in [6, 6.07) is 17.3. The number of nitrogens with one attached hydrogen (secondary N) is 2. The van der Waals surface area contributed by atoms with Crippen LogP contribution in [0.2, 0.25) is 0 Å². The van der Waals surface area contributed by atoms with Crippen molar-refractivity contribution in [3.05, 3.63) is 54.6 Å². The number of hydrogen-bond acceptors (Lipinski definition) is 3. The fourth-order valence-electron chi connectivity index (χ4n) is 3.47. The van der Waals surface area contributed by atoms with Gasteiger partial charge >= 0.3 is 0 Å². The normalized spacial score (nSPS) is 19.2. The second-order valence-electron chi connectivity index (χ2n) is 7.33. The van der Waals surface area contributed by atoms with Gasteiger partial charge < -0.3 is 15.5 Å². The maximum atomic E-state index is 12.5. The summed E-state index contributed by atoms with van der Waals surface area (Å²) >= 11 is 0. The van der Waals surface area contributed by atoms with Gasteiger partial charge in [0.05, 0.1) is 0 Å². The first-order valence-corrected chi connectivity index (χ1v) is 9.47. The summed E-state index contributed by atoms with van der Waals surface area (Å²) in [5.41, 5.74) is 2.73. The lowest BCUT2D eigenvalue weighted by atomic mass is 9.81. The van der Waals surface area contributed by atoms with Gasteiger partial charge in [0.1, 0.15) is 0 Å². The molecule has 0 heterocycles. The first kappa shape index (κ1) is 19.0. The number of nitrogens with zero attached hydrogens (tertiary/aromatic N) is 1. The Labute approximate surface area is 160 Å². The minimum Gasteiger partial charge on any atom is -0.378 e. The van der Waals surface area contributed by atoms with Crippen molar-refractivity contribution in [3.63, 3.8) is 0 Å². The molecule has 5 heteroatoms. The molecule has 0 radical (unpaired) electrons. The van der Waals surface area contributed by atoms with Gasteiger partial charge in [-0.1, -0.05) is 18.2 Å². The summed E-state index contributed by atoms with van der Waals surface area (Å²) in [5, 5.41) is 5.97. The van der Waals surface area contributed by atoms with Crippen LogP contribution in [0.1, 0.15) is 25.7 Å². The van der Waals surface area contributed by atoms with Crippen LogP contribution < -0.4 is 15.5 Å². The molecule has 0 saturated heterocycles. The molecule has 0 unspecified atom stereocenters. The molecule has 0 spiro atoms. The molecule has 0 bridgehead atoms. The van der Waals surface area contributed by atoms with Gasteiger partial charge in [0.2, 0.25) is 11.8 Å². The molecule has 2 amide bonds. The Kier molecular flexibility index (Phi) is 6.12. The molecule has 1 aliphatic rings. The van der Waals surface area contributed by atoms with Gasteiger partial charge in [-0.25, -0.2) is 0 Å². The van der Waals surface area contributed by atoms with Gasteiger partial charge in [0.25, 0.3) is 0 Å². The van der Waals surface area contributed by atoms with Gasteiger partial charge in [-0.05, 0) is 62.1 Å². The summed E-state index contributed by atoms with van der Waals surface area (Å²) in [6.45, 7) is 0. The lowest BCUT2D eigenvalue weighted by Crippen LogP contribution is -2.32. The van der Waals surface area contributed by atoms with E-state index in [1.165, 1.54) is 0 Å². The van der Waals surface area contributed by atoms with Crippen molar-refractivity contribution >= 4 is 28.9 Å². The van der Waals surface area contributed by atoms with Crippen LogP contribution in [0.5, 0.6) is 0 Å². The Hall–Kier alpha value is -2.82. The Bertz CT molecular complexity index is 764. The van der Waals surface area contributed by atoms with Gasteiger partial charge in [0.15, 0.2) is 0 Å². The second kappa shape index (κ2) is 8.71. The van der Waals surface area contributed by atoms with Gasteiger partial charge in [-0.15, -0.1) is 0 Å². The van der Waals surface area contributed by atoms with Crippen LogP contribution in [0, 0.1) is 11.8 Å². The van der Waals surface area contributed by atoms with E-state index in [-0.39, 0.29) is 23.7 Å². The van der Waals surface area contributed by atoms with Crippen LogP contribution in [0.4, 0.5) is 17.1 Å². The summed E-state index contributed by atoms with van der Waals surface area (Å²) in [6.07, 6.45) is 2.98. The monoisotopic (exact) mass is 365 g/mol. The fourth-order valence-corrected chi connectivity index (χ4v) is 3.47. The van der Waals surface area contributed by atoms with Crippen molar-refractivity contribution in [1.82, 2.24) is 0 Å². The smallest absolute Gasteiger partial charge is 0.227 e. The van der Waals surface area contributed by atoms with E-state index in [0.29, 0.717) is 0 Å². The predicted octanol–water partition coefficient (Wildman–Crippen LogP) is 4.14. The van der Waals surface area contributed by atoms with Crippen molar-refractivity contribution in [2.24, 2.45) is 11.8 Å². The van der Waals surface area contributed by atoms with E-state index in [4.69, 9.17) is 0 Å². The maximum Gasteiger partial charge on any atom is 0.227 e. The number of amides is 2. The molecule has 2 N–H and O–H groups in total. The van der Waals surface area contributed by atoms with Gasteiger partial charge in [-0.3, -0.25) is 9.59 Å². The van der Waals surface area contributed by atoms with Crippen LogP contribution in [0.15, 0.2) is 54.6 Å². The van der Waals surface area contributed by atoms with Crippen molar-refractivity contribution in [3.8, 4) is 0 Å². The third-order valence-electron chi connectivity index (χ3n) is 5.16. The number of para-hydroxylation sites is 1. The third kappa shape index (κ3) is 5.09. The molecule has 0 aliphatic heterocycles. The lowest BCUT2D eigenvalue weighted by Gasteiger charge is -2.27. The molecule has 1 fully saturated rings. The van der Waals surface area contributed by atoms with Crippen LogP contribution in [0.3, 0.4) is 0 Å².